The molecule has 1 aromatic carbocycles. The summed E-state index contributed by atoms with van der Waals surface area (Å²) in [6.07, 6.45) is 6.87. The van der Waals surface area contributed by atoms with Gasteiger partial charge in [0.25, 0.3) is 0 Å². The third kappa shape index (κ3) is 2.59. The smallest absolute Gasteiger partial charge is 0.133 e. The van der Waals surface area contributed by atoms with Gasteiger partial charge in [-0.05, 0) is 48.9 Å². The largest absolute Gasteiger partial charge is 0.330 e. The molecule has 2 aromatic rings. The molecule has 3 heteroatoms. The molecular formula is C17H21N3. The van der Waals surface area contributed by atoms with Gasteiger partial charge >= 0.3 is 0 Å². The van der Waals surface area contributed by atoms with Crippen LogP contribution in [0.3, 0.4) is 0 Å². The molecule has 0 spiro atoms. The minimum Gasteiger partial charge on any atom is -0.330 e. The summed E-state index contributed by atoms with van der Waals surface area (Å²) in [6.45, 7) is 2.64. The molecule has 1 atom stereocenters. The molecule has 1 aliphatic rings. The maximum absolute atomic E-state index is 5.70. The van der Waals surface area contributed by atoms with Crippen LogP contribution in [0.1, 0.15) is 42.6 Å². The van der Waals surface area contributed by atoms with Crippen molar-refractivity contribution in [2.24, 2.45) is 5.73 Å². The minimum atomic E-state index is 0.201. The van der Waals surface area contributed by atoms with E-state index in [4.69, 9.17) is 5.73 Å². The lowest BCUT2D eigenvalue weighted by molar-refractivity contribution is 0.685. The SMILES string of the molecule is CC(CN)c1nccc(-c2ccc3c(c2)CCCC3)n1. The van der Waals surface area contributed by atoms with Crippen LogP contribution >= 0.6 is 0 Å². The molecule has 0 fully saturated rings. The standard InChI is InChI=1S/C17H21N3/c1-12(11-18)17-19-9-8-16(20-17)15-7-6-13-4-2-3-5-14(13)10-15/h6-10,12H,2-5,11,18H2,1H3. The highest BCUT2D eigenvalue weighted by Gasteiger charge is 2.12. The zero-order valence-corrected chi connectivity index (χ0v) is 12.0. The van der Waals surface area contributed by atoms with Gasteiger partial charge in [0.05, 0.1) is 5.69 Å². The number of hydrogen-bond acceptors (Lipinski definition) is 3. The maximum Gasteiger partial charge on any atom is 0.133 e. The van der Waals surface area contributed by atoms with Crippen LogP contribution in [0.4, 0.5) is 0 Å². The minimum absolute atomic E-state index is 0.201. The lowest BCUT2D eigenvalue weighted by Gasteiger charge is -2.16. The number of nitrogens with two attached hydrogens (primary N) is 1. The van der Waals surface area contributed by atoms with Crippen LogP contribution in [-0.2, 0) is 12.8 Å². The molecule has 20 heavy (non-hydrogen) atoms. The fourth-order valence-electron chi connectivity index (χ4n) is 2.77. The molecule has 3 rings (SSSR count). The van der Waals surface area contributed by atoms with Gasteiger partial charge in [-0.1, -0.05) is 19.1 Å². The molecule has 0 saturated carbocycles. The first kappa shape index (κ1) is 13.3. The summed E-state index contributed by atoms with van der Waals surface area (Å²) in [6, 6.07) is 8.73. The topological polar surface area (TPSA) is 51.8 Å². The van der Waals surface area contributed by atoms with Crippen LogP contribution in [-0.4, -0.2) is 16.5 Å². The average Bonchev–Trinajstić information content (AvgIpc) is 2.53. The first-order chi connectivity index (χ1) is 9.78. The number of aromatic nitrogens is 2. The first-order valence-electron chi connectivity index (χ1n) is 7.43. The van der Waals surface area contributed by atoms with Crippen molar-refractivity contribution >= 4 is 0 Å². The highest BCUT2D eigenvalue weighted by Crippen LogP contribution is 2.26. The summed E-state index contributed by atoms with van der Waals surface area (Å²) < 4.78 is 0. The number of benzene rings is 1. The molecule has 1 unspecified atom stereocenters. The summed E-state index contributed by atoms with van der Waals surface area (Å²) in [4.78, 5) is 9.00. The van der Waals surface area contributed by atoms with Crippen molar-refractivity contribution in [3.8, 4) is 11.3 Å². The number of hydrogen-bond donors (Lipinski definition) is 1. The van der Waals surface area contributed by atoms with Gasteiger partial charge in [0, 0.05) is 24.2 Å². The van der Waals surface area contributed by atoms with E-state index >= 15 is 0 Å². The van der Waals surface area contributed by atoms with Crippen LogP contribution in [0.15, 0.2) is 30.5 Å². The monoisotopic (exact) mass is 267 g/mol. The Bertz CT molecular complexity index is 607. The fraction of sp³-hybridized carbons (Fsp3) is 0.412. The number of rotatable bonds is 3. The number of aryl methyl sites for hydroxylation is 2. The van der Waals surface area contributed by atoms with Gasteiger partial charge in [0.2, 0.25) is 0 Å². The summed E-state index contributed by atoms with van der Waals surface area (Å²) >= 11 is 0. The van der Waals surface area contributed by atoms with Gasteiger partial charge in [-0.25, -0.2) is 9.97 Å². The molecule has 0 bridgehead atoms. The Hall–Kier alpha value is -1.74. The Morgan fingerprint density at radius 2 is 1.95 bits per heavy atom. The quantitative estimate of drug-likeness (QED) is 0.929. The molecular weight excluding hydrogens is 246 g/mol. The third-order valence-electron chi connectivity index (χ3n) is 4.11. The molecule has 1 heterocycles. The Kier molecular flexibility index (Phi) is 3.79. The molecule has 104 valence electrons. The van der Waals surface area contributed by atoms with Crippen LogP contribution in [0.2, 0.25) is 0 Å². The average molecular weight is 267 g/mol. The molecule has 0 amide bonds. The van der Waals surface area contributed by atoms with Crippen molar-refractivity contribution in [2.75, 3.05) is 6.54 Å². The van der Waals surface area contributed by atoms with Crippen LogP contribution in [0, 0.1) is 0 Å². The second-order valence-corrected chi connectivity index (χ2v) is 5.63. The highest BCUT2D eigenvalue weighted by atomic mass is 14.9. The summed E-state index contributed by atoms with van der Waals surface area (Å²) in [5.74, 6) is 1.04. The first-order valence-corrected chi connectivity index (χ1v) is 7.43. The number of fused-ring (bicyclic) bond motifs is 1. The molecule has 3 nitrogen and oxygen atoms in total. The second-order valence-electron chi connectivity index (χ2n) is 5.63. The van der Waals surface area contributed by atoms with Crippen molar-refractivity contribution in [1.29, 1.82) is 0 Å². The van der Waals surface area contributed by atoms with Crippen LogP contribution < -0.4 is 5.73 Å². The molecule has 1 aromatic heterocycles. The fourth-order valence-corrected chi connectivity index (χ4v) is 2.77. The highest BCUT2D eigenvalue weighted by molar-refractivity contribution is 5.61. The summed E-state index contributed by atoms with van der Waals surface area (Å²) in [5, 5.41) is 0. The van der Waals surface area contributed by atoms with Crippen molar-refractivity contribution in [3.63, 3.8) is 0 Å². The number of nitrogens with zero attached hydrogens (tertiary/aromatic N) is 2. The van der Waals surface area contributed by atoms with E-state index in [-0.39, 0.29) is 5.92 Å². The van der Waals surface area contributed by atoms with E-state index in [1.54, 1.807) is 0 Å². The van der Waals surface area contributed by atoms with Gasteiger partial charge in [0.1, 0.15) is 5.82 Å². The Morgan fingerprint density at radius 1 is 1.15 bits per heavy atom. The van der Waals surface area contributed by atoms with Crippen molar-refractivity contribution in [1.82, 2.24) is 9.97 Å². The predicted molar refractivity (Wildman–Crippen MR) is 81.6 cm³/mol. The molecule has 2 N–H and O–H groups in total. The molecule has 1 aliphatic carbocycles. The van der Waals surface area contributed by atoms with E-state index in [0.29, 0.717) is 6.54 Å². The van der Waals surface area contributed by atoms with Crippen molar-refractivity contribution < 1.29 is 0 Å². The van der Waals surface area contributed by atoms with Gasteiger partial charge < -0.3 is 5.73 Å². The van der Waals surface area contributed by atoms with Gasteiger partial charge in [-0.3, -0.25) is 0 Å². The Morgan fingerprint density at radius 3 is 2.75 bits per heavy atom. The van der Waals surface area contributed by atoms with Gasteiger partial charge in [-0.2, -0.15) is 0 Å². The molecule has 0 radical (unpaired) electrons. The lowest BCUT2D eigenvalue weighted by Crippen LogP contribution is -2.12. The zero-order chi connectivity index (χ0) is 13.9. The lowest BCUT2D eigenvalue weighted by atomic mass is 9.90. The van der Waals surface area contributed by atoms with E-state index in [0.717, 1.165) is 11.5 Å². The van der Waals surface area contributed by atoms with Crippen molar-refractivity contribution in [2.45, 2.75) is 38.5 Å². The Balaban J connectivity index is 1.96. The van der Waals surface area contributed by atoms with Crippen LogP contribution in [0.5, 0.6) is 0 Å². The second kappa shape index (κ2) is 5.71. The zero-order valence-electron chi connectivity index (χ0n) is 12.0. The normalized spacial score (nSPS) is 15.7. The maximum atomic E-state index is 5.70. The van der Waals surface area contributed by atoms with E-state index in [1.807, 2.05) is 12.3 Å². The van der Waals surface area contributed by atoms with E-state index < -0.39 is 0 Å². The van der Waals surface area contributed by atoms with E-state index in [9.17, 15) is 0 Å². The third-order valence-corrected chi connectivity index (χ3v) is 4.11. The molecule has 0 aliphatic heterocycles. The molecule has 0 saturated heterocycles. The van der Waals surface area contributed by atoms with Gasteiger partial charge in [-0.15, -0.1) is 0 Å². The Labute approximate surface area is 120 Å². The van der Waals surface area contributed by atoms with E-state index in [1.165, 1.54) is 42.4 Å². The predicted octanol–water partition coefficient (Wildman–Crippen LogP) is 3.08. The van der Waals surface area contributed by atoms with Gasteiger partial charge in [0.15, 0.2) is 0 Å². The van der Waals surface area contributed by atoms with Crippen LogP contribution in [0.25, 0.3) is 11.3 Å². The summed E-state index contributed by atoms with van der Waals surface area (Å²) in [5.41, 5.74) is 10.9. The van der Waals surface area contributed by atoms with Crippen molar-refractivity contribution in [3.05, 3.63) is 47.4 Å². The van der Waals surface area contributed by atoms with E-state index in [2.05, 4.69) is 35.1 Å². The summed E-state index contributed by atoms with van der Waals surface area (Å²) in [7, 11) is 0.